The number of fused-ring (bicyclic) bond motifs is 1. The van der Waals surface area contributed by atoms with Gasteiger partial charge in [-0.3, -0.25) is 9.59 Å². The third kappa shape index (κ3) is 3.13. The third-order valence-corrected chi connectivity index (χ3v) is 4.08. The van der Waals surface area contributed by atoms with Crippen LogP contribution in [0.1, 0.15) is 32.6 Å². The van der Waals surface area contributed by atoms with Gasteiger partial charge >= 0.3 is 5.97 Å². The fraction of sp³-hybridized carbons (Fsp3) is 0.600. The highest BCUT2D eigenvalue weighted by molar-refractivity contribution is 5.75. The molecule has 0 aromatic carbocycles. The summed E-state index contributed by atoms with van der Waals surface area (Å²) in [6, 6.07) is 0. The molecule has 1 aliphatic carbocycles. The van der Waals surface area contributed by atoms with E-state index in [1.165, 1.54) is 0 Å². The Kier molecular flexibility index (Phi) is 4.53. The SMILES string of the molecule is C[C@@H]1C(=O)O[C@H]2/C=C(\CO)CC/C=C(/C=O)CC[C@H]21. The summed E-state index contributed by atoms with van der Waals surface area (Å²) in [5.74, 6) is -0.233. The number of aliphatic hydroxyl groups excluding tert-OH is 1. The molecule has 0 bridgehead atoms. The van der Waals surface area contributed by atoms with Crippen molar-refractivity contribution in [1.82, 2.24) is 0 Å². The quantitative estimate of drug-likeness (QED) is 0.469. The Bertz CT molecular complexity index is 422. The molecule has 1 heterocycles. The number of hydrogen-bond acceptors (Lipinski definition) is 4. The molecule has 19 heavy (non-hydrogen) atoms. The zero-order valence-electron chi connectivity index (χ0n) is 11.2. The van der Waals surface area contributed by atoms with Gasteiger partial charge in [-0.25, -0.2) is 0 Å². The molecular weight excluding hydrogens is 244 g/mol. The van der Waals surface area contributed by atoms with E-state index in [0.717, 1.165) is 30.3 Å². The summed E-state index contributed by atoms with van der Waals surface area (Å²) in [6.45, 7) is 1.84. The van der Waals surface area contributed by atoms with Crippen LogP contribution in [0, 0.1) is 11.8 Å². The average molecular weight is 264 g/mol. The summed E-state index contributed by atoms with van der Waals surface area (Å²) in [7, 11) is 0. The maximum Gasteiger partial charge on any atom is 0.309 e. The molecule has 4 heteroatoms. The van der Waals surface area contributed by atoms with Gasteiger partial charge in [-0.15, -0.1) is 0 Å². The number of aliphatic hydroxyl groups is 1. The molecular formula is C15H20O4. The molecule has 3 atom stereocenters. The van der Waals surface area contributed by atoms with Crippen molar-refractivity contribution < 1.29 is 19.4 Å². The Labute approximate surface area is 113 Å². The Morgan fingerprint density at radius 3 is 2.95 bits per heavy atom. The van der Waals surface area contributed by atoms with Crippen LogP contribution in [-0.4, -0.2) is 30.1 Å². The van der Waals surface area contributed by atoms with Gasteiger partial charge in [-0.2, -0.15) is 0 Å². The van der Waals surface area contributed by atoms with Gasteiger partial charge in [0.25, 0.3) is 0 Å². The maximum absolute atomic E-state index is 11.7. The Balaban J connectivity index is 2.25. The number of hydrogen-bond donors (Lipinski definition) is 1. The first-order valence-electron chi connectivity index (χ1n) is 6.81. The maximum atomic E-state index is 11.7. The first-order chi connectivity index (χ1) is 9.15. The number of ether oxygens (including phenoxy) is 1. The van der Waals surface area contributed by atoms with Gasteiger partial charge in [0.2, 0.25) is 0 Å². The van der Waals surface area contributed by atoms with Crippen LogP contribution in [0.5, 0.6) is 0 Å². The van der Waals surface area contributed by atoms with Gasteiger partial charge in [0, 0.05) is 5.92 Å². The van der Waals surface area contributed by atoms with E-state index in [1.807, 2.05) is 19.1 Å². The molecule has 0 radical (unpaired) electrons. The summed E-state index contributed by atoms with van der Waals surface area (Å²) in [6.07, 6.45) is 7.35. The van der Waals surface area contributed by atoms with Crippen molar-refractivity contribution in [3.05, 3.63) is 23.3 Å². The van der Waals surface area contributed by atoms with Crippen molar-refractivity contribution in [2.45, 2.75) is 38.7 Å². The number of allylic oxidation sites excluding steroid dienone is 2. The minimum Gasteiger partial charge on any atom is -0.458 e. The molecule has 0 aromatic heterocycles. The standard InChI is InChI=1S/C15H20O4/c1-10-13-6-5-11(8-16)3-2-4-12(9-17)7-14(13)19-15(10)18/h3,7-8,10,13-14,17H,2,4-6,9H2,1H3/b11-3+,12-7-/t10-,13-,14-/m0/s1. The summed E-state index contributed by atoms with van der Waals surface area (Å²) in [4.78, 5) is 22.7. The first kappa shape index (κ1) is 14.0. The highest BCUT2D eigenvalue weighted by atomic mass is 16.6. The predicted molar refractivity (Wildman–Crippen MR) is 70.3 cm³/mol. The lowest BCUT2D eigenvalue weighted by molar-refractivity contribution is -0.142. The molecule has 104 valence electrons. The second-order valence-electron chi connectivity index (χ2n) is 5.31. The van der Waals surface area contributed by atoms with Crippen LogP contribution >= 0.6 is 0 Å². The van der Waals surface area contributed by atoms with E-state index in [9.17, 15) is 14.7 Å². The zero-order chi connectivity index (χ0) is 13.8. The average Bonchev–Trinajstić information content (AvgIpc) is 2.68. The smallest absolute Gasteiger partial charge is 0.309 e. The summed E-state index contributed by atoms with van der Waals surface area (Å²) in [5, 5.41) is 9.35. The van der Waals surface area contributed by atoms with E-state index < -0.39 is 0 Å². The fourth-order valence-electron chi connectivity index (χ4n) is 2.79. The van der Waals surface area contributed by atoms with Crippen molar-refractivity contribution >= 4 is 12.3 Å². The van der Waals surface area contributed by atoms with Crippen LogP contribution in [0.4, 0.5) is 0 Å². The second kappa shape index (κ2) is 6.15. The Morgan fingerprint density at radius 2 is 2.26 bits per heavy atom. The Morgan fingerprint density at radius 1 is 1.47 bits per heavy atom. The molecule has 0 unspecified atom stereocenters. The summed E-state index contributed by atoms with van der Waals surface area (Å²) >= 11 is 0. The number of carbonyl (C=O) groups excluding carboxylic acids is 2. The van der Waals surface area contributed by atoms with Crippen LogP contribution < -0.4 is 0 Å². The molecule has 0 spiro atoms. The molecule has 4 nitrogen and oxygen atoms in total. The van der Waals surface area contributed by atoms with Gasteiger partial charge in [-0.1, -0.05) is 13.0 Å². The third-order valence-electron chi connectivity index (χ3n) is 4.08. The number of rotatable bonds is 2. The number of aldehydes is 1. The topological polar surface area (TPSA) is 63.6 Å². The molecule has 2 rings (SSSR count). The van der Waals surface area contributed by atoms with Crippen molar-refractivity contribution in [1.29, 1.82) is 0 Å². The molecule has 1 N–H and O–H groups in total. The normalized spacial score (nSPS) is 37.4. The lowest BCUT2D eigenvalue weighted by Crippen LogP contribution is -2.19. The van der Waals surface area contributed by atoms with E-state index in [4.69, 9.17) is 4.74 Å². The van der Waals surface area contributed by atoms with Gasteiger partial charge in [-0.05, 0) is 42.9 Å². The largest absolute Gasteiger partial charge is 0.458 e. The van der Waals surface area contributed by atoms with Crippen molar-refractivity contribution in [3.63, 3.8) is 0 Å². The Hall–Kier alpha value is -1.42. The van der Waals surface area contributed by atoms with Crippen LogP contribution in [0.3, 0.4) is 0 Å². The van der Waals surface area contributed by atoms with Gasteiger partial charge in [0.05, 0.1) is 12.5 Å². The lowest BCUT2D eigenvalue weighted by Gasteiger charge is -2.19. The fourth-order valence-corrected chi connectivity index (χ4v) is 2.79. The van der Waals surface area contributed by atoms with Gasteiger partial charge in [0.1, 0.15) is 12.4 Å². The second-order valence-corrected chi connectivity index (χ2v) is 5.31. The van der Waals surface area contributed by atoms with Crippen LogP contribution in [-0.2, 0) is 14.3 Å². The monoisotopic (exact) mass is 264 g/mol. The molecule has 1 saturated heterocycles. The highest BCUT2D eigenvalue weighted by Crippen LogP contribution is 2.35. The zero-order valence-corrected chi connectivity index (χ0v) is 11.2. The first-order valence-corrected chi connectivity index (χ1v) is 6.81. The van der Waals surface area contributed by atoms with E-state index >= 15 is 0 Å². The van der Waals surface area contributed by atoms with Crippen LogP contribution in [0.15, 0.2) is 23.3 Å². The van der Waals surface area contributed by atoms with E-state index in [0.29, 0.717) is 12.8 Å². The lowest BCUT2D eigenvalue weighted by atomic mass is 9.84. The molecule has 0 saturated carbocycles. The van der Waals surface area contributed by atoms with Crippen molar-refractivity contribution in [2.24, 2.45) is 11.8 Å². The van der Waals surface area contributed by atoms with E-state index in [2.05, 4.69) is 0 Å². The van der Waals surface area contributed by atoms with Crippen LogP contribution in [0.25, 0.3) is 0 Å². The molecule has 0 amide bonds. The minimum atomic E-state index is -0.254. The van der Waals surface area contributed by atoms with Crippen molar-refractivity contribution in [2.75, 3.05) is 6.61 Å². The molecule has 1 aliphatic heterocycles. The summed E-state index contributed by atoms with van der Waals surface area (Å²) in [5.41, 5.74) is 1.66. The van der Waals surface area contributed by atoms with Crippen LogP contribution in [0.2, 0.25) is 0 Å². The summed E-state index contributed by atoms with van der Waals surface area (Å²) < 4.78 is 5.38. The molecule has 2 aliphatic rings. The predicted octanol–water partition coefficient (Wildman–Crippen LogP) is 1.78. The highest BCUT2D eigenvalue weighted by Gasteiger charge is 2.40. The van der Waals surface area contributed by atoms with E-state index in [-0.39, 0.29) is 30.5 Å². The van der Waals surface area contributed by atoms with Crippen molar-refractivity contribution in [3.8, 4) is 0 Å². The van der Waals surface area contributed by atoms with E-state index in [1.54, 1.807) is 0 Å². The van der Waals surface area contributed by atoms with Gasteiger partial charge in [0.15, 0.2) is 0 Å². The van der Waals surface area contributed by atoms with Gasteiger partial charge < -0.3 is 9.84 Å². The minimum absolute atomic E-state index is 0.0284. The number of esters is 1. The molecule has 1 fully saturated rings. The molecule has 0 aromatic rings. The number of carbonyl (C=O) groups is 2.